The minimum absolute atomic E-state index is 0.0888. The highest BCUT2D eigenvalue weighted by atomic mass is 16.6. The fourth-order valence-corrected chi connectivity index (χ4v) is 3.80. The molecule has 5 N–H and O–H groups in total. The fourth-order valence-electron chi connectivity index (χ4n) is 3.80. The van der Waals surface area contributed by atoms with E-state index in [4.69, 9.17) is 19.9 Å². The number of nitrogen functional groups attached to an aromatic ring is 1. The third-order valence-electron chi connectivity index (χ3n) is 5.61. The van der Waals surface area contributed by atoms with Gasteiger partial charge in [0.2, 0.25) is 5.91 Å². The molecule has 2 atom stereocenters. The van der Waals surface area contributed by atoms with Crippen LogP contribution >= 0.6 is 0 Å². The van der Waals surface area contributed by atoms with Crippen LogP contribution in [0.1, 0.15) is 31.4 Å². The largest absolute Gasteiger partial charge is 0.504 e. The molecule has 0 unspecified atom stereocenters. The number of nitrogens with one attached hydrogen (secondary N) is 2. The zero-order valence-electron chi connectivity index (χ0n) is 21.4. The lowest BCUT2D eigenvalue weighted by Gasteiger charge is -2.27. The number of benzene rings is 3. The number of rotatable bonds is 12. The van der Waals surface area contributed by atoms with Crippen LogP contribution in [0.25, 0.3) is 0 Å². The quantitative estimate of drug-likeness (QED) is 0.179. The first-order chi connectivity index (χ1) is 18.4. The first kappa shape index (κ1) is 28.1. The summed E-state index contributed by atoms with van der Waals surface area (Å²) in [5.41, 5.74) is 8.00. The Kier molecular flexibility index (Phi) is 10.6. The van der Waals surface area contributed by atoms with Gasteiger partial charge in [0.05, 0.1) is 24.6 Å². The topological polar surface area (TPSA) is 132 Å². The van der Waals surface area contributed by atoms with Gasteiger partial charge in [-0.3, -0.25) is 10.1 Å². The number of aromatic hydroxyl groups is 1. The van der Waals surface area contributed by atoms with Crippen LogP contribution in [0.15, 0.2) is 84.9 Å². The summed E-state index contributed by atoms with van der Waals surface area (Å²) >= 11 is 0. The molecule has 9 nitrogen and oxygen atoms in total. The third kappa shape index (κ3) is 8.28. The van der Waals surface area contributed by atoms with Gasteiger partial charge in [0.1, 0.15) is 0 Å². The molecular weight excluding hydrogens is 486 g/mol. The Morgan fingerprint density at radius 1 is 1.03 bits per heavy atom. The van der Waals surface area contributed by atoms with Gasteiger partial charge in [0.15, 0.2) is 17.6 Å². The molecule has 0 aliphatic heterocycles. The number of amides is 2. The molecule has 3 rings (SSSR count). The highest BCUT2D eigenvalue weighted by Crippen LogP contribution is 2.34. The second-order valence-corrected chi connectivity index (χ2v) is 8.30. The van der Waals surface area contributed by atoms with E-state index >= 15 is 0 Å². The van der Waals surface area contributed by atoms with Crippen LogP contribution in [0, 0.1) is 0 Å². The van der Waals surface area contributed by atoms with E-state index in [0.29, 0.717) is 47.8 Å². The molecule has 0 aliphatic rings. The van der Waals surface area contributed by atoms with E-state index < -0.39 is 18.3 Å². The molecule has 0 heterocycles. The lowest BCUT2D eigenvalue weighted by atomic mass is 9.99. The zero-order valence-corrected chi connectivity index (χ0v) is 21.4. The zero-order chi connectivity index (χ0) is 27.3. The normalized spacial score (nSPS) is 12.5. The first-order valence-corrected chi connectivity index (χ1v) is 12.2. The lowest BCUT2D eigenvalue weighted by Crippen LogP contribution is -2.29. The molecule has 9 heteroatoms. The molecular formula is C29H33N3O6. The number of anilines is 3. The van der Waals surface area contributed by atoms with Gasteiger partial charge in [0, 0.05) is 12.3 Å². The highest BCUT2D eigenvalue weighted by molar-refractivity contribution is 6.01. The van der Waals surface area contributed by atoms with Crippen LogP contribution in [-0.2, 0) is 14.3 Å². The predicted molar refractivity (Wildman–Crippen MR) is 147 cm³/mol. The number of hydrogen-bond acceptors (Lipinski definition) is 7. The van der Waals surface area contributed by atoms with E-state index in [-0.39, 0.29) is 11.7 Å². The second kappa shape index (κ2) is 14.3. The SMILES string of the molecule is CCO[C@H](CC/C=C/C(=O)Nc1ccccc1N)[C@H](OC(=O)Nc1ccccc1)c1ccc(OC)c(O)c1. The number of hydrogen-bond donors (Lipinski definition) is 4. The Morgan fingerprint density at radius 3 is 2.45 bits per heavy atom. The van der Waals surface area contributed by atoms with Gasteiger partial charge < -0.3 is 30.4 Å². The second-order valence-electron chi connectivity index (χ2n) is 8.30. The van der Waals surface area contributed by atoms with Crippen LogP contribution in [0.3, 0.4) is 0 Å². The molecule has 0 fully saturated rings. The van der Waals surface area contributed by atoms with Gasteiger partial charge in [0.25, 0.3) is 0 Å². The van der Waals surface area contributed by atoms with Crippen LogP contribution in [0.2, 0.25) is 0 Å². The number of para-hydroxylation sites is 3. The standard InChI is InChI=1S/C29H33N3O6/c1-3-37-26(15-9-10-16-27(34)32-23-14-8-7-13-22(23)30)28(20-17-18-25(36-2)24(33)19-20)38-29(35)31-21-11-5-4-6-12-21/h4-8,10-14,16-19,26,28,33H,3,9,15,30H2,1-2H3,(H,31,35)(H,32,34)/b16-10+/t26-,28-/m1/s1. The van der Waals surface area contributed by atoms with E-state index in [9.17, 15) is 14.7 Å². The van der Waals surface area contributed by atoms with Gasteiger partial charge in [-0.15, -0.1) is 0 Å². The number of carbonyl (C=O) groups excluding carboxylic acids is 2. The van der Waals surface area contributed by atoms with Crippen molar-refractivity contribution >= 4 is 29.1 Å². The molecule has 2 amide bonds. The van der Waals surface area contributed by atoms with Gasteiger partial charge in [-0.25, -0.2) is 4.79 Å². The molecule has 0 radical (unpaired) electrons. The number of nitrogens with two attached hydrogens (primary N) is 1. The Hall–Kier alpha value is -4.50. The molecule has 0 saturated carbocycles. The van der Waals surface area contributed by atoms with Crippen LogP contribution < -0.4 is 21.1 Å². The molecule has 38 heavy (non-hydrogen) atoms. The number of carbonyl (C=O) groups is 2. The summed E-state index contributed by atoms with van der Waals surface area (Å²) in [6.07, 6.45) is 1.95. The Bertz CT molecular complexity index is 1230. The summed E-state index contributed by atoms with van der Waals surface area (Å²) in [6.45, 7) is 2.21. The first-order valence-electron chi connectivity index (χ1n) is 12.2. The van der Waals surface area contributed by atoms with Gasteiger partial charge in [-0.2, -0.15) is 0 Å². The average molecular weight is 520 g/mol. The molecule has 3 aromatic rings. The van der Waals surface area contributed by atoms with Gasteiger partial charge in [-0.1, -0.05) is 42.5 Å². The molecule has 0 aliphatic carbocycles. The minimum atomic E-state index is -0.846. The van der Waals surface area contributed by atoms with Crippen LogP contribution in [0.5, 0.6) is 11.5 Å². The van der Waals surface area contributed by atoms with Crippen molar-refractivity contribution in [3.63, 3.8) is 0 Å². The van der Waals surface area contributed by atoms with Crippen molar-refractivity contribution in [2.75, 3.05) is 30.1 Å². The average Bonchev–Trinajstić information content (AvgIpc) is 2.91. The molecule has 0 saturated heterocycles. The van der Waals surface area contributed by atoms with Crippen LogP contribution in [0.4, 0.5) is 21.9 Å². The summed E-state index contributed by atoms with van der Waals surface area (Å²) in [5, 5.41) is 15.8. The lowest BCUT2D eigenvalue weighted by molar-refractivity contribution is -0.111. The van der Waals surface area contributed by atoms with Crippen molar-refractivity contribution in [1.29, 1.82) is 0 Å². The predicted octanol–water partition coefficient (Wildman–Crippen LogP) is 5.65. The van der Waals surface area contributed by atoms with E-state index in [1.807, 2.05) is 13.0 Å². The summed E-state index contributed by atoms with van der Waals surface area (Å²) in [5.74, 6) is -0.109. The minimum Gasteiger partial charge on any atom is -0.504 e. The van der Waals surface area contributed by atoms with E-state index in [1.165, 1.54) is 19.3 Å². The maximum Gasteiger partial charge on any atom is 0.412 e. The molecule has 0 aromatic heterocycles. The number of methoxy groups -OCH3 is 1. The summed E-state index contributed by atoms with van der Waals surface area (Å²) in [7, 11) is 1.45. The molecule has 3 aromatic carbocycles. The number of allylic oxidation sites excluding steroid dienone is 1. The summed E-state index contributed by atoms with van der Waals surface area (Å²) < 4.78 is 16.9. The van der Waals surface area contributed by atoms with Crippen molar-refractivity contribution < 1.29 is 28.9 Å². The van der Waals surface area contributed by atoms with Crippen molar-refractivity contribution in [3.05, 3.63) is 90.5 Å². The van der Waals surface area contributed by atoms with Crippen LogP contribution in [-0.4, -0.2) is 36.9 Å². The number of phenols is 1. The molecule has 200 valence electrons. The van der Waals surface area contributed by atoms with E-state index in [1.54, 1.807) is 66.7 Å². The Morgan fingerprint density at radius 2 is 1.76 bits per heavy atom. The van der Waals surface area contributed by atoms with E-state index in [2.05, 4.69) is 10.6 Å². The number of ether oxygens (including phenoxy) is 3. The van der Waals surface area contributed by atoms with E-state index in [0.717, 1.165) is 0 Å². The monoisotopic (exact) mass is 519 g/mol. The van der Waals surface area contributed by atoms with Crippen molar-refractivity contribution in [2.45, 2.75) is 32.0 Å². The Labute approximate surface area is 222 Å². The van der Waals surface area contributed by atoms with Gasteiger partial charge >= 0.3 is 6.09 Å². The molecule has 0 spiro atoms. The summed E-state index contributed by atoms with van der Waals surface area (Å²) in [6, 6.07) is 20.7. The molecule has 0 bridgehead atoms. The maximum absolute atomic E-state index is 12.8. The smallest absolute Gasteiger partial charge is 0.412 e. The Balaban J connectivity index is 1.73. The number of phenolic OH excluding ortho intramolecular Hbond substituents is 1. The van der Waals surface area contributed by atoms with Crippen molar-refractivity contribution in [2.24, 2.45) is 0 Å². The van der Waals surface area contributed by atoms with Gasteiger partial charge in [-0.05, 0) is 67.8 Å². The van der Waals surface area contributed by atoms with Crippen molar-refractivity contribution in [1.82, 2.24) is 0 Å². The van der Waals surface area contributed by atoms with Crippen molar-refractivity contribution in [3.8, 4) is 11.5 Å². The maximum atomic E-state index is 12.8. The fraction of sp³-hybridized carbons (Fsp3) is 0.241. The third-order valence-corrected chi connectivity index (χ3v) is 5.61. The highest BCUT2D eigenvalue weighted by Gasteiger charge is 2.28. The summed E-state index contributed by atoms with van der Waals surface area (Å²) in [4.78, 5) is 25.1.